The Bertz CT molecular complexity index is 3310. The van der Waals surface area contributed by atoms with Crippen molar-refractivity contribution in [1.29, 1.82) is 0 Å². The van der Waals surface area contributed by atoms with Gasteiger partial charge in [0, 0.05) is 67.8 Å². The van der Waals surface area contributed by atoms with Crippen molar-refractivity contribution in [2.24, 2.45) is 0 Å². The van der Waals surface area contributed by atoms with Crippen LogP contribution in [0.25, 0.3) is 65.4 Å². The van der Waals surface area contributed by atoms with Gasteiger partial charge in [0.25, 0.3) is 0 Å². The predicted molar refractivity (Wildman–Crippen MR) is 267 cm³/mol. The van der Waals surface area contributed by atoms with Crippen LogP contribution in [0.1, 0.15) is 50.7 Å². The van der Waals surface area contributed by atoms with Crippen LogP contribution in [0, 0.1) is 0 Å². The average Bonchev–Trinajstić information content (AvgIpc) is 3.87. The van der Waals surface area contributed by atoms with Gasteiger partial charge in [0.1, 0.15) is 33.8 Å². The Hall–Kier alpha value is -7.70. The van der Waals surface area contributed by atoms with Crippen LogP contribution < -0.4 is 19.3 Å². The van der Waals surface area contributed by atoms with Gasteiger partial charge in [-0.3, -0.25) is 0 Å². The summed E-state index contributed by atoms with van der Waals surface area (Å²) in [7, 11) is 3.42. The first-order valence-corrected chi connectivity index (χ1v) is 22.0. The topological polar surface area (TPSA) is 51.2 Å². The van der Waals surface area contributed by atoms with Crippen LogP contribution in [0.2, 0.25) is 0 Å². The molecule has 6 heteroatoms. The minimum absolute atomic E-state index is 0.446. The van der Waals surface area contributed by atoms with Crippen molar-refractivity contribution < 1.29 is 18.3 Å². The molecule has 0 fully saturated rings. The lowest BCUT2D eigenvalue weighted by atomic mass is 10.00. The first-order valence-electron chi connectivity index (χ1n) is 22.0. The van der Waals surface area contributed by atoms with Crippen molar-refractivity contribution in [2.45, 2.75) is 39.5 Å². The van der Waals surface area contributed by atoms with Crippen LogP contribution in [0.4, 0.5) is 34.1 Å². The van der Waals surface area contributed by atoms with Gasteiger partial charge in [-0.1, -0.05) is 76.2 Å². The molecule has 0 amide bonds. The molecule has 0 bridgehead atoms. The van der Waals surface area contributed by atoms with E-state index in [4.69, 9.17) is 18.3 Å². The number of anilines is 6. The van der Waals surface area contributed by atoms with Gasteiger partial charge in [-0.05, 0) is 154 Å². The molecular weight excluding hydrogens is 789 g/mol. The van der Waals surface area contributed by atoms with Gasteiger partial charge in [-0.25, -0.2) is 0 Å². The SMILES string of the molecule is COc1cccc(N(c2ccc(C(C)C)cc2)c2ccc3cc4c(cc3c2)oc2ccc3oc5cc6cc(N(c7ccc(C(C)C)cc7)c7cccc(OC)c7)ccc6cc5c3c24)c1. The van der Waals surface area contributed by atoms with E-state index < -0.39 is 0 Å². The highest BCUT2D eigenvalue weighted by molar-refractivity contribution is 6.27. The second-order valence-electron chi connectivity index (χ2n) is 17.3. The standard InChI is InChI=1S/C58H48N2O4/c1-35(2)37-13-19-43(20-14-37)59(45-9-7-11-49(33-45)61-5)47-23-17-39-29-51-55(31-41(39)27-47)63-53-25-26-54-58(57(51)53)52-30-40-18-24-48(28-42(40)32-56(52)64-54)60(46-10-8-12-50(34-46)62-6)44-21-15-38(16-22-44)36(3)4/h7-36H,1-6H3. The van der Waals surface area contributed by atoms with Gasteiger partial charge in [0.15, 0.2) is 0 Å². The van der Waals surface area contributed by atoms with Gasteiger partial charge in [-0.2, -0.15) is 0 Å². The van der Waals surface area contributed by atoms with E-state index in [-0.39, 0.29) is 0 Å². The van der Waals surface area contributed by atoms with Crippen LogP contribution >= 0.6 is 0 Å². The van der Waals surface area contributed by atoms with E-state index in [1.54, 1.807) is 14.2 Å². The van der Waals surface area contributed by atoms with Crippen molar-refractivity contribution in [3.8, 4) is 11.5 Å². The Morgan fingerprint density at radius 1 is 0.359 bits per heavy atom. The molecule has 11 aromatic rings. The van der Waals surface area contributed by atoms with E-state index in [1.807, 2.05) is 36.4 Å². The minimum atomic E-state index is 0.446. The minimum Gasteiger partial charge on any atom is -0.497 e. The molecule has 0 saturated carbocycles. The largest absolute Gasteiger partial charge is 0.497 e. The van der Waals surface area contributed by atoms with Gasteiger partial charge in [-0.15, -0.1) is 0 Å². The highest BCUT2D eigenvalue weighted by Crippen LogP contribution is 2.45. The fraction of sp³-hybridized carbons (Fsp3) is 0.138. The number of rotatable bonds is 10. The van der Waals surface area contributed by atoms with Gasteiger partial charge >= 0.3 is 0 Å². The maximum Gasteiger partial charge on any atom is 0.136 e. The molecule has 0 aliphatic rings. The van der Waals surface area contributed by atoms with Gasteiger partial charge < -0.3 is 28.1 Å². The first kappa shape index (κ1) is 39.2. The molecule has 0 saturated heterocycles. The summed E-state index contributed by atoms with van der Waals surface area (Å²) in [5.74, 6) is 2.50. The second-order valence-corrected chi connectivity index (χ2v) is 17.3. The number of fused-ring (bicyclic) bond motifs is 9. The lowest BCUT2D eigenvalue weighted by Crippen LogP contribution is -2.10. The zero-order valence-electron chi connectivity index (χ0n) is 36.8. The van der Waals surface area contributed by atoms with Crippen LogP contribution in [0.5, 0.6) is 11.5 Å². The molecule has 0 N–H and O–H groups in total. The monoisotopic (exact) mass is 836 g/mol. The smallest absolute Gasteiger partial charge is 0.136 e. The quantitative estimate of drug-likeness (QED) is 0.137. The Labute approximate surface area is 372 Å². The Balaban J connectivity index is 1.02. The Morgan fingerprint density at radius 3 is 1.14 bits per heavy atom. The summed E-state index contributed by atoms with van der Waals surface area (Å²) < 4.78 is 24.7. The summed E-state index contributed by atoms with van der Waals surface area (Å²) in [6.07, 6.45) is 0. The van der Waals surface area contributed by atoms with Crippen molar-refractivity contribution in [1.82, 2.24) is 0 Å². The van der Waals surface area contributed by atoms with Crippen LogP contribution in [0.3, 0.4) is 0 Å². The van der Waals surface area contributed by atoms with Crippen molar-refractivity contribution in [3.05, 3.63) is 181 Å². The van der Waals surface area contributed by atoms with Gasteiger partial charge in [0.2, 0.25) is 0 Å². The lowest BCUT2D eigenvalue weighted by Gasteiger charge is -2.26. The van der Waals surface area contributed by atoms with E-state index >= 15 is 0 Å². The zero-order chi connectivity index (χ0) is 43.6. The molecule has 0 aliphatic carbocycles. The first-order chi connectivity index (χ1) is 31.2. The molecule has 314 valence electrons. The van der Waals surface area contributed by atoms with Crippen LogP contribution in [-0.4, -0.2) is 14.2 Å². The second kappa shape index (κ2) is 15.6. The number of methoxy groups -OCH3 is 2. The van der Waals surface area contributed by atoms with Crippen LogP contribution in [0.15, 0.2) is 179 Å². The summed E-state index contributed by atoms with van der Waals surface area (Å²) in [5, 5.41) is 8.67. The number of hydrogen-bond acceptors (Lipinski definition) is 6. The molecule has 9 aromatic carbocycles. The highest BCUT2D eigenvalue weighted by atomic mass is 16.5. The summed E-state index contributed by atoms with van der Waals surface area (Å²) >= 11 is 0. The third kappa shape index (κ3) is 6.74. The normalized spacial score (nSPS) is 11.9. The average molecular weight is 837 g/mol. The number of benzene rings is 9. The molecule has 11 rings (SSSR count). The molecule has 0 unspecified atom stereocenters. The molecular formula is C58H48N2O4. The fourth-order valence-electron chi connectivity index (χ4n) is 9.28. The maximum atomic E-state index is 6.69. The van der Waals surface area contributed by atoms with E-state index in [2.05, 4.69) is 171 Å². The summed E-state index contributed by atoms with van der Waals surface area (Å²) in [6.45, 7) is 8.89. The third-order valence-corrected chi connectivity index (χ3v) is 12.7. The molecule has 0 radical (unpaired) electrons. The molecule has 2 heterocycles. The highest BCUT2D eigenvalue weighted by Gasteiger charge is 2.21. The molecule has 0 aliphatic heterocycles. The molecule has 2 aromatic heterocycles. The third-order valence-electron chi connectivity index (χ3n) is 12.7. The van der Waals surface area contributed by atoms with Crippen molar-refractivity contribution >= 4 is 99.5 Å². The predicted octanol–water partition coefficient (Wildman–Crippen LogP) is 17.0. The fourth-order valence-corrected chi connectivity index (χ4v) is 9.28. The van der Waals surface area contributed by atoms with Gasteiger partial charge in [0.05, 0.1) is 14.2 Å². The lowest BCUT2D eigenvalue weighted by molar-refractivity contribution is 0.415. The number of furan rings is 2. The molecule has 0 spiro atoms. The van der Waals surface area contributed by atoms with E-state index in [9.17, 15) is 0 Å². The molecule has 0 atom stereocenters. The van der Waals surface area contributed by atoms with E-state index in [0.29, 0.717) is 11.8 Å². The number of hydrogen-bond donors (Lipinski definition) is 0. The molecule has 64 heavy (non-hydrogen) atoms. The Morgan fingerprint density at radius 2 is 0.750 bits per heavy atom. The van der Waals surface area contributed by atoms with Crippen LogP contribution in [-0.2, 0) is 0 Å². The number of nitrogens with zero attached hydrogens (tertiary/aromatic N) is 2. The van der Waals surface area contributed by atoms with E-state index in [1.165, 1.54) is 11.1 Å². The maximum absolute atomic E-state index is 6.69. The summed E-state index contributed by atoms with van der Waals surface area (Å²) in [5.41, 5.74) is 12.2. The summed E-state index contributed by atoms with van der Waals surface area (Å²) in [4.78, 5) is 4.56. The summed E-state index contributed by atoms with van der Waals surface area (Å²) in [6, 6.07) is 60.4. The van der Waals surface area contributed by atoms with Crippen molar-refractivity contribution in [3.63, 3.8) is 0 Å². The molecule has 6 nitrogen and oxygen atoms in total. The van der Waals surface area contributed by atoms with E-state index in [0.717, 1.165) is 111 Å². The zero-order valence-corrected chi connectivity index (χ0v) is 36.8. The number of ether oxygens (including phenoxy) is 2. The Kier molecular flexibility index (Phi) is 9.54. The van der Waals surface area contributed by atoms with Crippen molar-refractivity contribution in [2.75, 3.05) is 24.0 Å².